The van der Waals surface area contributed by atoms with Gasteiger partial charge in [-0.2, -0.15) is 0 Å². The number of rotatable bonds is 7. The molecular formula is C22H27N3O2. The van der Waals surface area contributed by atoms with Crippen molar-refractivity contribution in [2.45, 2.75) is 24.8 Å². The third-order valence-electron chi connectivity index (χ3n) is 5.56. The van der Waals surface area contributed by atoms with Crippen LogP contribution in [0.5, 0.6) is 0 Å². The van der Waals surface area contributed by atoms with Crippen LogP contribution in [0, 0.1) is 5.92 Å². The Hall–Kier alpha value is -2.24. The molecule has 1 saturated carbocycles. The Morgan fingerprint density at radius 1 is 1.11 bits per heavy atom. The molecule has 1 amide bonds. The monoisotopic (exact) mass is 365 g/mol. The highest BCUT2D eigenvalue weighted by atomic mass is 16.5. The van der Waals surface area contributed by atoms with Gasteiger partial charge in [-0.3, -0.25) is 14.7 Å². The van der Waals surface area contributed by atoms with E-state index in [4.69, 9.17) is 4.74 Å². The van der Waals surface area contributed by atoms with Gasteiger partial charge in [0.15, 0.2) is 0 Å². The molecule has 2 fully saturated rings. The number of amides is 1. The minimum atomic E-state index is -0.0366. The highest BCUT2D eigenvalue weighted by Gasteiger charge is 2.37. The summed E-state index contributed by atoms with van der Waals surface area (Å²) in [4.78, 5) is 19.7. The Morgan fingerprint density at radius 2 is 1.85 bits per heavy atom. The van der Waals surface area contributed by atoms with Crippen molar-refractivity contribution in [3.63, 3.8) is 0 Å². The Kier molecular flexibility index (Phi) is 5.80. The van der Waals surface area contributed by atoms with Crippen LogP contribution < -0.4 is 5.32 Å². The predicted octanol–water partition coefficient (Wildman–Crippen LogP) is 2.76. The Labute approximate surface area is 160 Å². The number of hydrogen-bond acceptors (Lipinski definition) is 4. The fraction of sp³-hybridized carbons (Fsp3) is 0.455. The van der Waals surface area contributed by atoms with E-state index in [1.54, 1.807) is 6.20 Å². The number of ether oxygens (including phenoxy) is 1. The fourth-order valence-corrected chi connectivity index (χ4v) is 3.95. The Morgan fingerprint density at radius 3 is 2.52 bits per heavy atom. The van der Waals surface area contributed by atoms with E-state index in [0.717, 1.165) is 50.3 Å². The molecule has 1 aromatic heterocycles. The molecule has 27 heavy (non-hydrogen) atoms. The molecule has 1 aliphatic heterocycles. The second kappa shape index (κ2) is 8.63. The van der Waals surface area contributed by atoms with Crippen molar-refractivity contribution in [3.05, 3.63) is 66.0 Å². The second-order valence-electron chi connectivity index (χ2n) is 7.42. The first kappa shape index (κ1) is 18.1. The third kappa shape index (κ3) is 4.54. The first-order valence-corrected chi connectivity index (χ1v) is 9.87. The summed E-state index contributed by atoms with van der Waals surface area (Å²) in [6, 6.07) is 14.4. The molecule has 1 saturated heterocycles. The van der Waals surface area contributed by atoms with Crippen LogP contribution in [0.4, 0.5) is 0 Å². The van der Waals surface area contributed by atoms with Crippen LogP contribution in [0.25, 0.3) is 0 Å². The van der Waals surface area contributed by atoms with Crippen molar-refractivity contribution in [2.24, 2.45) is 5.92 Å². The number of carbonyl (C=O) groups is 1. The smallest absolute Gasteiger partial charge is 0.227 e. The summed E-state index contributed by atoms with van der Waals surface area (Å²) in [5, 5.41) is 3.25. The van der Waals surface area contributed by atoms with Crippen molar-refractivity contribution in [1.82, 2.24) is 15.2 Å². The molecule has 1 aromatic carbocycles. The van der Waals surface area contributed by atoms with E-state index in [9.17, 15) is 4.79 Å². The van der Waals surface area contributed by atoms with Gasteiger partial charge in [0.2, 0.25) is 5.91 Å². The average Bonchev–Trinajstić information content (AvgIpc) is 3.56. The topological polar surface area (TPSA) is 54.5 Å². The van der Waals surface area contributed by atoms with Crippen LogP contribution in [0.1, 0.15) is 35.9 Å². The van der Waals surface area contributed by atoms with Gasteiger partial charge in [-0.05, 0) is 36.0 Å². The lowest BCUT2D eigenvalue weighted by atomic mass is 9.93. The molecule has 2 aliphatic rings. The lowest BCUT2D eigenvalue weighted by Gasteiger charge is -2.35. The van der Waals surface area contributed by atoms with E-state index in [0.29, 0.717) is 12.5 Å². The van der Waals surface area contributed by atoms with E-state index in [2.05, 4.69) is 33.4 Å². The van der Waals surface area contributed by atoms with Gasteiger partial charge in [0.25, 0.3) is 0 Å². The zero-order chi connectivity index (χ0) is 18.5. The molecule has 5 nitrogen and oxygen atoms in total. The van der Waals surface area contributed by atoms with Gasteiger partial charge in [0, 0.05) is 32.0 Å². The normalized spacial score (nSPS) is 20.0. The number of nitrogens with zero attached hydrogens (tertiary/aromatic N) is 2. The standard InChI is InChI=1S/C22H27N3O2/c26-22(21(18-8-9-18)17-5-2-1-3-6-17)24-16-20(19-7-4-10-23-15-19)25-11-13-27-14-12-25/h1-7,10,15,18,20-21H,8-9,11-14,16H2,(H,24,26). The van der Waals surface area contributed by atoms with Crippen LogP contribution >= 0.6 is 0 Å². The molecule has 1 N–H and O–H groups in total. The van der Waals surface area contributed by atoms with Gasteiger partial charge < -0.3 is 10.1 Å². The van der Waals surface area contributed by atoms with Crippen LogP contribution in [0.2, 0.25) is 0 Å². The lowest BCUT2D eigenvalue weighted by Crippen LogP contribution is -2.44. The summed E-state index contributed by atoms with van der Waals surface area (Å²) in [6.45, 7) is 3.82. The quantitative estimate of drug-likeness (QED) is 0.820. The summed E-state index contributed by atoms with van der Waals surface area (Å²) in [7, 11) is 0. The van der Waals surface area contributed by atoms with Crippen LogP contribution in [0.15, 0.2) is 54.9 Å². The van der Waals surface area contributed by atoms with Crippen molar-refractivity contribution < 1.29 is 9.53 Å². The molecular weight excluding hydrogens is 338 g/mol. The van der Waals surface area contributed by atoms with Crippen molar-refractivity contribution in [2.75, 3.05) is 32.8 Å². The largest absolute Gasteiger partial charge is 0.379 e. The maximum atomic E-state index is 13.1. The zero-order valence-electron chi connectivity index (χ0n) is 15.6. The van der Waals surface area contributed by atoms with E-state index in [1.807, 2.05) is 30.5 Å². The molecule has 2 unspecified atom stereocenters. The molecule has 1 aliphatic carbocycles. The van der Waals surface area contributed by atoms with Gasteiger partial charge in [-0.1, -0.05) is 36.4 Å². The van der Waals surface area contributed by atoms with E-state index >= 15 is 0 Å². The fourth-order valence-electron chi connectivity index (χ4n) is 3.95. The Bertz CT molecular complexity index is 728. The minimum Gasteiger partial charge on any atom is -0.379 e. The molecule has 0 bridgehead atoms. The number of benzene rings is 1. The molecule has 0 radical (unpaired) electrons. The minimum absolute atomic E-state index is 0.0366. The number of hydrogen-bond donors (Lipinski definition) is 1. The zero-order valence-corrected chi connectivity index (χ0v) is 15.6. The highest BCUT2D eigenvalue weighted by molar-refractivity contribution is 5.84. The molecule has 142 valence electrons. The summed E-state index contributed by atoms with van der Waals surface area (Å²) in [6.07, 6.45) is 5.98. The summed E-state index contributed by atoms with van der Waals surface area (Å²) >= 11 is 0. The van der Waals surface area contributed by atoms with Gasteiger partial charge in [-0.25, -0.2) is 0 Å². The average molecular weight is 365 g/mol. The second-order valence-corrected chi connectivity index (χ2v) is 7.42. The third-order valence-corrected chi connectivity index (χ3v) is 5.56. The molecule has 0 spiro atoms. The van der Waals surface area contributed by atoms with Gasteiger partial charge in [-0.15, -0.1) is 0 Å². The predicted molar refractivity (Wildman–Crippen MR) is 104 cm³/mol. The summed E-state index contributed by atoms with van der Waals surface area (Å²) in [5.41, 5.74) is 2.27. The highest BCUT2D eigenvalue weighted by Crippen LogP contribution is 2.42. The molecule has 4 rings (SSSR count). The van der Waals surface area contributed by atoms with Crippen molar-refractivity contribution >= 4 is 5.91 Å². The van der Waals surface area contributed by atoms with Crippen LogP contribution in [-0.4, -0.2) is 48.6 Å². The lowest BCUT2D eigenvalue weighted by molar-refractivity contribution is -0.123. The van der Waals surface area contributed by atoms with Gasteiger partial charge >= 0.3 is 0 Å². The summed E-state index contributed by atoms with van der Waals surface area (Å²) in [5.74, 6) is 0.587. The molecule has 2 aromatic rings. The molecule has 2 heterocycles. The molecule has 2 atom stereocenters. The molecule has 5 heteroatoms. The number of nitrogens with one attached hydrogen (secondary N) is 1. The number of morpholine rings is 1. The van der Waals surface area contributed by atoms with Crippen LogP contribution in [-0.2, 0) is 9.53 Å². The van der Waals surface area contributed by atoms with E-state index in [1.165, 1.54) is 0 Å². The van der Waals surface area contributed by atoms with Crippen molar-refractivity contribution in [3.8, 4) is 0 Å². The van der Waals surface area contributed by atoms with Gasteiger partial charge in [0.05, 0.1) is 25.2 Å². The van der Waals surface area contributed by atoms with Crippen LogP contribution in [0.3, 0.4) is 0 Å². The number of aromatic nitrogens is 1. The maximum Gasteiger partial charge on any atom is 0.227 e. The van der Waals surface area contributed by atoms with Gasteiger partial charge in [0.1, 0.15) is 0 Å². The first-order valence-electron chi connectivity index (χ1n) is 9.87. The van der Waals surface area contributed by atoms with E-state index < -0.39 is 0 Å². The SMILES string of the molecule is O=C(NCC(c1cccnc1)N1CCOCC1)C(c1ccccc1)C1CC1. The first-order chi connectivity index (χ1) is 13.3. The number of pyridine rings is 1. The number of carbonyl (C=O) groups excluding carboxylic acids is 1. The maximum absolute atomic E-state index is 13.1. The summed E-state index contributed by atoms with van der Waals surface area (Å²) < 4.78 is 5.50. The van der Waals surface area contributed by atoms with Crippen molar-refractivity contribution in [1.29, 1.82) is 0 Å². The van der Waals surface area contributed by atoms with E-state index in [-0.39, 0.29) is 17.9 Å². The Balaban J connectivity index is 1.47.